The maximum absolute atomic E-state index is 11.5. The van der Waals surface area contributed by atoms with Gasteiger partial charge in [-0.3, -0.25) is 4.79 Å². The zero-order valence-electron chi connectivity index (χ0n) is 10.6. The lowest BCUT2D eigenvalue weighted by Gasteiger charge is -2.23. The van der Waals surface area contributed by atoms with Gasteiger partial charge in [0.1, 0.15) is 0 Å². The standard InChI is InChI=1S/C15H16N2OS/c16-14(18)13-11-8-10(9-4-2-1-3-5-9)6-7-12(11)19-15(13)17/h1-5,10H,6-8,17H2,(H2,16,18). The molecule has 0 saturated heterocycles. The molecule has 1 atom stereocenters. The highest BCUT2D eigenvalue weighted by Crippen LogP contribution is 2.40. The lowest BCUT2D eigenvalue weighted by atomic mass is 9.82. The van der Waals surface area contributed by atoms with Crippen molar-refractivity contribution < 1.29 is 4.79 Å². The molecule has 1 amide bonds. The van der Waals surface area contributed by atoms with Crippen LogP contribution in [-0.2, 0) is 12.8 Å². The first-order chi connectivity index (χ1) is 9.16. The van der Waals surface area contributed by atoms with Crippen LogP contribution >= 0.6 is 11.3 Å². The van der Waals surface area contributed by atoms with Gasteiger partial charge in [-0.1, -0.05) is 30.3 Å². The number of nitrogens with two attached hydrogens (primary N) is 2. The van der Waals surface area contributed by atoms with Crippen molar-refractivity contribution in [3.63, 3.8) is 0 Å². The normalized spacial score (nSPS) is 18.0. The first kappa shape index (κ1) is 12.2. The second-order valence-electron chi connectivity index (χ2n) is 4.96. The topological polar surface area (TPSA) is 69.1 Å². The highest BCUT2D eigenvalue weighted by Gasteiger charge is 2.27. The van der Waals surface area contributed by atoms with E-state index >= 15 is 0 Å². The maximum Gasteiger partial charge on any atom is 0.251 e. The van der Waals surface area contributed by atoms with Crippen molar-refractivity contribution in [2.24, 2.45) is 5.73 Å². The molecule has 0 fully saturated rings. The van der Waals surface area contributed by atoms with E-state index < -0.39 is 5.91 Å². The van der Waals surface area contributed by atoms with Crippen molar-refractivity contribution in [3.8, 4) is 0 Å². The van der Waals surface area contributed by atoms with E-state index in [0.29, 0.717) is 16.5 Å². The largest absolute Gasteiger partial charge is 0.390 e. The zero-order valence-corrected chi connectivity index (χ0v) is 11.4. The molecule has 3 nitrogen and oxygen atoms in total. The lowest BCUT2D eigenvalue weighted by Crippen LogP contribution is -2.18. The van der Waals surface area contributed by atoms with Gasteiger partial charge in [-0.25, -0.2) is 0 Å². The summed E-state index contributed by atoms with van der Waals surface area (Å²) >= 11 is 1.52. The molecule has 0 aliphatic heterocycles. The number of carbonyl (C=O) groups excluding carboxylic acids is 1. The minimum Gasteiger partial charge on any atom is -0.390 e. The van der Waals surface area contributed by atoms with Gasteiger partial charge in [-0.15, -0.1) is 11.3 Å². The van der Waals surface area contributed by atoms with Crippen molar-refractivity contribution in [2.45, 2.75) is 25.2 Å². The number of thiophene rings is 1. The fraction of sp³-hybridized carbons (Fsp3) is 0.267. The first-order valence-electron chi connectivity index (χ1n) is 6.41. The van der Waals surface area contributed by atoms with Crippen molar-refractivity contribution >= 4 is 22.2 Å². The number of benzene rings is 1. The maximum atomic E-state index is 11.5. The molecular formula is C15H16N2OS. The summed E-state index contributed by atoms with van der Waals surface area (Å²) in [6.45, 7) is 0. The fourth-order valence-electron chi connectivity index (χ4n) is 2.88. The van der Waals surface area contributed by atoms with Crippen LogP contribution in [0.4, 0.5) is 5.00 Å². The Hall–Kier alpha value is -1.81. The van der Waals surface area contributed by atoms with Crippen LogP contribution in [-0.4, -0.2) is 5.91 Å². The Kier molecular flexibility index (Phi) is 3.03. The number of primary amides is 1. The number of rotatable bonds is 2. The summed E-state index contributed by atoms with van der Waals surface area (Å²) in [7, 11) is 0. The first-order valence-corrected chi connectivity index (χ1v) is 7.23. The number of nitrogen functional groups attached to an aromatic ring is 1. The summed E-state index contributed by atoms with van der Waals surface area (Å²) in [4.78, 5) is 12.8. The molecule has 0 radical (unpaired) electrons. The van der Waals surface area contributed by atoms with Gasteiger partial charge in [0.15, 0.2) is 0 Å². The van der Waals surface area contributed by atoms with Crippen LogP contribution in [0.3, 0.4) is 0 Å². The van der Waals surface area contributed by atoms with Gasteiger partial charge in [-0.2, -0.15) is 0 Å². The molecule has 1 aromatic carbocycles. The second-order valence-corrected chi connectivity index (χ2v) is 6.09. The number of hydrogen-bond acceptors (Lipinski definition) is 3. The highest BCUT2D eigenvalue weighted by atomic mass is 32.1. The number of aryl methyl sites for hydroxylation is 1. The van der Waals surface area contributed by atoms with Crippen LogP contribution in [0.25, 0.3) is 0 Å². The van der Waals surface area contributed by atoms with E-state index in [1.807, 2.05) is 6.07 Å². The molecule has 1 aromatic heterocycles. The van der Waals surface area contributed by atoms with Crippen LogP contribution < -0.4 is 11.5 Å². The Morgan fingerprint density at radius 2 is 2.00 bits per heavy atom. The predicted molar refractivity (Wildman–Crippen MR) is 78.5 cm³/mol. The lowest BCUT2D eigenvalue weighted by molar-refractivity contribution is 0.100. The van der Waals surface area contributed by atoms with Crippen molar-refractivity contribution in [1.82, 2.24) is 0 Å². The summed E-state index contributed by atoms with van der Waals surface area (Å²) in [5.41, 5.74) is 14.3. The van der Waals surface area contributed by atoms with Crippen molar-refractivity contribution in [3.05, 3.63) is 51.9 Å². The van der Waals surface area contributed by atoms with Crippen LogP contribution in [0.5, 0.6) is 0 Å². The Morgan fingerprint density at radius 1 is 1.26 bits per heavy atom. The molecule has 19 heavy (non-hydrogen) atoms. The second kappa shape index (κ2) is 4.70. The smallest absolute Gasteiger partial charge is 0.251 e. The minimum atomic E-state index is -0.399. The number of anilines is 1. The van der Waals surface area contributed by atoms with E-state index in [0.717, 1.165) is 24.8 Å². The van der Waals surface area contributed by atoms with Crippen LogP contribution in [0.15, 0.2) is 30.3 Å². The molecule has 0 bridgehead atoms. The minimum absolute atomic E-state index is 0.399. The van der Waals surface area contributed by atoms with E-state index in [1.54, 1.807) is 0 Å². The molecule has 1 aliphatic carbocycles. The summed E-state index contributed by atoms with van der Waals surface area (Å²) in [5.74, 6) is 0.0597. The van der Waals surface area contributed by atoms with Gasteiger partial charge < -0.3 is 11.5 Å². The average Bonchev–Trinajstić information content (AvgIpc) is 2.74. The molecule has 1 unspecified atom stereocenters. The van der Waals surface area contributed by atoms with Crippen LogP contribution in [0, 0.1) is 0 Å². The quantitative estimate of drug-likeness (QED) is 0.882. The van der Waals surface area contributed by atoms with Gasteiger partial charge in [0.2, 0.25) is 0 Å². The third-order valence-electron chi connectivity index (χ3n) is 3.81. The van der Waals surface area contributed by atoms with Gasteiger partial charge in [-0.05, 0) is 36.3 Å². The number of hydrogen-bond donors (Lipinski definition) is 2. The molecule has 4 N–H and O–H groups in total. The van der Waals surface area contributed by atoms with E-state index in [-0.39, 0.29) is 0 Å². The Morgan fingerprint density at radius 3 is 2.68 bits per heavy atom. The monoisotopic (exact) mass is 272 g/mol. The highest BCUT2D eigenvalue weighted by molar-refractivity contribution is 7.16. The van der Waals surface area contributed by atoms with E-state index in [9.17, 15) is 4.79 Å². The van der Waals surface area contributed by atoms with Gasteiger partial charge in [0.05, 0.1) is 10.6 Å². The van der Waals surface area contributed by atoms with Crippen LogP contribution in [0.1, 0.15) is 38.7 Å². The van der Waals surface area contributed by atoms with E-state index in [4.69, 9.17) is 11.5 Å². The third-order valence-corrected chi connectivity index (χ3v) is 4.93. The molecule has 1 aliphatic rings. The van der Waals surface area contributed by atoms with Crippen LogP contribution in [0.2, 0.25) is 0 Å². The number of carbonyl (C=O) groups is 1. The fourth-order valence-corrected chi connectivity index (χ4v) is 4.00. The van der Waals surface area contributed by atoms with Crippen molar-refractivity contribution in [2.75, 3.05) is 5.73 Å². The molecule has 1 heterocycles. The van der Waals surface area contributed by atoms with Gasteiger partial charge >= 0.3 is 0 Å². The molecule has 2 aromatic rings. The molecule has 4 heteroatoms. The SMILES string of the molecule is NC(=O)c1c(N)sc2c1CC(c1ccccc1)CC2. The van der Waals surface area contributed by atoms with Gasteiger partial charge in [0.25, 0.3) is 5.91 Å². The third kappa shape index (κ3) is 2.12. The Bertz CT molecular complexity index is 619. The summed E-state index contributed by atoms with van der Waals surface area (Å²) < 4.78 is 0. The molecule has 3 rings (SSSR count). The zero-order chi connectivity index (χ0) is 13.4. The van der Waals surface area contributed by atoms with E-state index in [2.05, 4.69) is 24.3 Å². The molecule has 98 valence electrons. The summed E-state index contributed by atoms with van der Waals surface area (Å²) in [5, 5.41) is 0.575. The average molecular weight is 272 g/mol. The number of fused-ring (bicyclic) bond motifs is 1. The molecule has 0 saturated carbocycles. The van der Waals surface area contributed by atoms with E-state index in [1.165, 1.54) is 21.8 Å². The summed E-state index contributed by atoms with van der Waals surface area (Å²) in [6, 6.07) is 10.4. The molecule has 0 spiro atoms. The van der Waals surface area contributed by atoms with Gasteiger partial charge in [0, 0.05) is 4.88 Å². The predicted octanol–water partition coefficient (Wildman–Crippen LogP) is 2.70. The number of amides is 1. The Labute approximate surface area is 116 Å². The van der Waals surface area contributed by atoms with Crippen molar-refractivity contribution in [1.29, 1.82) is 0 Å². The molecular weight excluding hydrogens is 256 g/mol. The summed E-state index contributed by atoms with van der Waals surface area (Å²) in [6.07, 6.45) is 2.96. The Balaban J connectivity index is 1.97.